The first-order valence-corrected chi connectivity index (χ1v) is 10.8. The largest absolute Gasteiger partial charge is 0.452 e. The molecule has 1 aromatic carbocycles. The summed E-state index contributed by atoms with van der Waals surface area (Å²) in [6.45, 7) is -0.491. The first-order valence-electron chi connectivity index (χ1n) is 10.4. The highest BCUT2D eigenvalue weighted by Crippen LogP contribution is 2.29. The molecule has 0 bridgehead atoms. The minimum atomic E-state index is -3.03. The Labute approximate surface area is 199 Å². The van der Waals surface area contributed by atoms with Gasteiger partial charge in [0.25, 0.3) is 5.91 Å². The van der Waals surface area contributed by atoms with E-state index < -0.39 is 30.5 Å². The van der Waals surface area contributed by atoms with Crippen LogP contribution in [0, 0.1) is 5.92 Å². The summed E-state index contributed by atoms with van der Waals surface area (Å²) in [6.07, 6.45) is 1.34. The van der Waals surface area contributed by atoms with Crippen LogP contribution in [-0.4, -0.2) is 48.6 Å². The number of esters is 1. The number of pyridine rings is 1. The van der Waals surface area contributed by atoms with Crippen molar-refractivity contribution in [2.75, 3.05) is 23.3 Å². The van der Waals surface area contributed by atoms with Crippen molar-refractivity contribution in [2.45, 2.75) is 32.5 Å². The molecule has 2 aromatic rings. The maximum Gasteiger partial charge on any atom is 0.387 e. The fourth-order valence-corrected chi connectivity index (χ4v) is 3.63. The van der Waals surface area contributed by atoms with Crippen molar-refractivity contribution in [3.63, 3.8) is 0 Å². The van der Waals surface area contributed by atoms with Gasteiger partial charge in [-0.3, -0.25) is 14.4 Å². The molecule has 1 aromatic heterocycles. The third-order valence-electron chi connectivity index (χ3n) is 5.26. The van der Waals surface area contributed by atoms with Crippen LogP contribution in [0.3, 0.4) is 0 Å². The number of piperidine rings is 1. The Bertz CT molecular complexity index is 1050. The molecule has 34 heavy (non-hydrogen) atoms. The number of carbonyl (C=O) groups excluding carboxylic acids is 3. The summed E-state index contributed by atoms with van der Waals surface area (Å²) in [7, 11) is 0. The highest BCUT2D eigenvalue weighted by molar-refractivity contribution is 6.32. The number of nitrogens with two attached hydrogens (primary N) is 1. The van der Waals surface area contributed by atoms with E-state index in [0.29, 0.717) is 37.3 Å². The number of aromatic nitrogens is 1. The quantitative estimate of drug-likeness (QED) is 0.538. The topological polar surface area (TPSA) is 124 Å². The lowest BCUT2D eigenvalue weighted by Gasteiger charge is -2.32. The average molecular weight is 497 g/mol. The van der Waals surface area contributed by atoms with Crippen molar-refractivity contribution >= 4 is 40.9 Å². The Hall–Kier alpha value is -3.47. The molecule has 9 nitrogen and oxygen atoms in total. The van der Waals surface area contributed by atoms with Crippen LogP contribution in [0.4, 0.5) is 20.3 Å². The Morgan fingerprint density at radius 3 is 2.47 bits per heavy atom. The van der Waals surface area contributed by atoms with E-state index in [0.717, 1.165) is 0 Å². The lowest BCUT2D eigenvalue weighted by atomic mass is 9.97. The number of nitrogens with zero attached hydrogens (tertiary/aromatic N) is 2. The number of ether oxygens (including phenoxy) is 2. The third kappa shape index (κ3) is 6.53. The molecule has 0 aliphatic carbocycles. The monoisotopic (exact) mass is 496 g/mol. The minimum absolute atomic E-state index is 0.103. The van der Waals surface area contributed by atoms with Crippen LogP contribution in [0.5, 0.6) is 5.75 Å². The summed E-state index contributed by atoms with van der Waals surface area (Å²) in [4.78, 5) is 42.3. The van der Waals surface area contributed by atoms with Crippen molar-refractivity contribution in [1.82, 2.24) is 4.98 Å². The van der Waals surface area contributed by atoms with Crippen LogP contribution < -0.4 is 20.7 Å². The van der Waals surface area contributed by atoms with Crippen LogP contribution in [0.15, 0.2) is 36.5 Å². The molecule has 0 unspecified atom stereocenters. The van der Waals surface area contributed by atoms with Crippen molar-refractivity contribution in [3.05, 3.63) is 47.1 Å². The second-order valence-corrected chi connectivity index (χ2v) is 8.03. The molecule has 1 atom stereocenters. The van der Waals surface area contributed by atoms with Crippen molar-refractivity contribution < 1.29 is 32.6 Å². The number of halogens is 3. The number of rotatable bonds is 8. The standard InChI is InChI=1S/C22H23ClF2N4O5/c1-12(20(31)28-15-3-4-17(16(23)10-15)34-22(24)25)33-21(32)13-6-8-29(9-7-13)18-5-2-14(11-27-18)19(26)30/h2-5,10-13,22H,6-9H2,1H3,(H2,26,30)(H,28,31)/t12-/m0/s1. The molecule has 0 radical (unpaired) electrons. The lowest BCUT2D eigenvalue weighted by Crippen LogP contribution is -2.39. The Balaban J connectivity index is 1.48. The summed E-state index contributed by atoms with van der Waals surface area (Å²) >= 11 is 5.88. The molecule has 12 heteroatoms. The molecule has 1 aliphatic rings. The van der Waals surface area contributed by atoms with E-state index in [2.05, 4.69) is 15.0 Å². The van der Waals surface area contributed by atoms with Gasteiger partial charge in [-0.05, 0) is 50.1 Å². The van der Waals surface area contributed by atoms with E-state index in [1.54, 1.807) is 12.1 Å². The summed E-state index contributed by atoms with van der Waals surface area (Å²) in [5, 5.41) is 2.42. The minimum Gasteiger partial charge on any atom is -0.452 e. The first kappa shape index (κ1) is 25.2. The second kappa shape index (κ2) is 11.1. The Morgan fingerprint density at radius 1 is 1.21 bits per heavy atom. The predicted octanol–water partition coefficient (Wildman–Crippen LogP) is 3.22. The first-order chi connectivity index (χ1) is 16.1. The second-order valence-electron chi connectivity index (χ2n) is 7.62. The van der Waals surface area contributed by atoms with Gasteiger partial charge in [0.1, 0.15) is 11.6 Å². The Morgan fingerprint density at radius 2 is 1.91 bits per heavy atom. The van der Waals surface area contributed by atoms with Gasteiger partial charge in [-0.2, -0.15) is 8.78 Å². The summed E-state index contributed by atoms with van der Waals surface area (Å²) < 4.78 is 34.2. The summed E-state index contributed by atoms with van der Waals surface area (Å²) in [5.41, 5.74) is 5.77. The van der Waals surface area contributed by atoms with E-state index in [4.69, 9.17) is 22.1 Å². The average Bonchev–Trinajstić information content (AvgIpc) is 2.80. The maximum absolute atomic E-state index is 12.5. The smallest absolute Gasteiger partial charge is 0.387 e. The number of hydrogen-bond acceptors (Lipinski definition) is 7. The Kier molecular flexibility index (Phi) is 8.21. The molecule has 0 spiro atoms. The molecule has 2 amide bonds. The van der Waals surface area contributed by atoms with E-state index in [1.165, 1.54) is 31.3 Å². The van der Waals surface area contributed by atoms with Gasteiger partial charge in [0, 0.05) is 25.0 Å². The number of nitrogens with one attached hydrogen (secondary N) is 1. The van der Waals surface area contributed by atoms with Crippen LogP contribution in [0.25, 0.3) is 0 Å². The molecule has 2 heterocycles. The van der Waals surface area contributed by atoms with Crippen LogP contribution in [-0.2, 0) is 14.3 Å². The van der Waals surface area contributed by atoms with Crippen LogP contribution >= 0.6 is 11.6 Å². The number of alkyl halides is 2. The zero-order chi connectivity index (χ0) is 24.8. The normalized spacial score (nSPS) is 15.0. The molecule has 0 saturated carbocycles. The molecule has 3 rings (SSSR count). The fourth-order valence-electron chi connectivity index (χ4n) is 3.40. The van der Waals surface area contributed by atoms with Crippen molar-refractivity contribution in [1.29, 1.82) is 0 Å². The fraction of sp³-hybridized carbons (Fsp3) is 0.364. The lowest BCUT2D eigenvalue weighted by molar-refractivity contribution is -0.157. The van der Waals surface area contributed by atoms with Gasteiger partial charge in [-0.15, -0.1) is 0 Å². The van der Waals surface area contributed by atoms with Crippen molar-refractivity contribution in [3.8, 4) is 5.75 Å². The predicted molar refractivity (Wildman–Crippen MR) is 120 cm³/mol. The maximum atomic E-state index is 12.5. The molecule has 1 aliphatic heterocycles. The van der Waals surface area contributed by atoms with E-state index >= 15 is 0 Å². The van der Waals surface area contributed by atoms with Crippen molar-refractivity contribution in [2.24, 2.45) is 11.7 Å². The zero-order valence-corrected chi connectivity index (χ0v) is 18.9. The number of primary amides is 1. The zero-order valence-electron chi connectivity index (χ0n) is 18.2. The third-order valence-corrected chi connectivity index (χ3v) is 5.56. The number of hydrogen-bond donors (Lipinski definition) is 2. The van der Waals surface area contributed by atoms with Gasteiger partial charge in [-0.1, -0.05) is 11.6 Å². The van der Waals surface area contributed by atoms with E-state index in [1.807, 2.05) is 4.90 Å². The molecule has 3 N–H and O–H groups in total. The molecule has 1 fully saturated rings. The van der Waals surface area contributed by atoms with Crippen LogP contribution in [0.2, 0.25) is 5.02 Å². The number of carbonyl (C=O) groups is 3. The van der Waals surface area contributed by atoms with Gasteiger partial charge in [0.05, 0.1) is 16.5 Å². The molecular weight excluding hydrogens is 474 g/mol. The van der Waals surface area contributed by atoms with Crippen LogP contribution in [0.1, 0.15) is 30.1 Å². The number of benzene rings is 1. The highest BCUT2D eigenvalue weighted by Gasteiger charge is 2.29. The van der Waals surface area contributed by atoms with Gasteiger partial charge in [-0.25, -0.2) is 4.98 Å². The van der Waals surface area contributed by atoms with Gasteiger partial charge >= 0.3 is 12.6 Å². The van der Waals surface area contributed by atoms with E-state index in [9.17, 15) is 23.2 Å². The van der Waals surface area contributed by atoms with Gasteiger partial charge in [0.15, 0.2) is 6.10 Å². The molecule has 182 valence electrons. The summed E-state index contributed by atoms with van der Waals surface area (Å²) in [6, 6.07) is 7.09. The SMILES string of the molecule is C[C@H](OC(=O)C1CCN(c2ccc(C(N)=O)cn2)CC1)C(=O)Nc1ccc(OC(F)F)c(Cl)c1. The van der Waals surface area contributed by atoms with Gasteiger partial charge in [0.2, 0.25) is 5.91 Å². The highest BCUT2D eigenvalue weighted by atomic mass is 35.5. The summed E-state index contributed by atoms with van der Waals surface area (Å²) in [5.74, 6) is -1.56. The molecular formula is C22H23ClF2N4O5. The molecule has 1 saturated heterocycles. The van der Waals surface area contributed by atoms with Gasteiger partial charge < -0.3 is 25.4 Å². The number of anilines is 2. The number of amides is 2. The van der Waals surface area contributed by atoms with E-state index in [-0.39, 0.29) is 22.4 Å².